The van der Waals surface area contributed by atoms with Crippen LogP contribution < -0.4 is 0 Å². The van der Waals surface area contributed by atoms with E-state index in [4.69, 9.17) is 0 Å². The minimum absolute atomic E-state index is 0.107. The second kappa shape index (κ2) is 5.66. The maximum absolute atomic E-state index is 12.2. The smallest absolute Gasteiger partial charge is 0.236 e. The van der Waals surface area contributed by atoms with Crippen LogP contribution in [0, 0.1) is 0 Å². The van der Waals surface area contributed by atoms with Gasteiger partial charge < -0.3 is 4.90 Å². The van der Waals surface area contributed by atoms with Gasteiger partial charge in [-0.2, -0.15) is 0 Å². The summed E-state index contributed by atoms with van der Waals surface area (Å²) in [6.07, 6.45) is 7.28. The number of allylic oxidation sites excluding steroid dienone is 2. The number of hydrogen-bond donors (Lipinski definition) is 0. The highest BCUT2D eigenvalue weighted by molar-refractivity contribution is 7.99. The number of carbonyl (C=O) groups is 1. The summed E-state index contributed by atoms with van der Waals surface area (Å²) in [5, 5.41) is 8.94. The molecule has 6 heteroatoms. The Morgan fingerprint density at radius 1 is 1.45 bits per heavy atom. The Balaban J connectivity index is 1.65. The van der Waals surface area contributed by atoms with E-state index in [9.17, 15) is 4.79 Å². The number of hydrogen-bond acceptors (Lipinski definition) is 4. The lowest BCUT2D eigenvalue weighted by Crippen LogP contribution is -2.27. The van der Waals surface area contributed by atoms with Crippen LogP contribution in [-0.4, -0.2) is 38.2 Å². The largest absolute Gasteiger partial charge is 0.319 e. The number of carbonyl (C=O) groups excluding carboxylic acids is 1. The quantitative estimate of drug-likeness (QED) is 0.810. The summed E-state index contributed by atoms with van der Waals surface area (Å²) in [7, 11) is 1.85. The molecule has 2 heterocycles. The van der Waals surface area contributed by atoms with E-state index in [1.165, 1.54) is 11.8 Å². The summed E-state index contributed by atoms with van der Waals surface area (Å²) in [6.45, 7) is 0. The van der Waals surface area contributed by atoms with E-state index in [2.05, 4.69) is 16.3 Å². The Hall–Kier alpha value is -1.82. The van der Waals surface area contributed by atoms with Crippen LogP contribution in [0.25, 0.3) is 5.65 Å². The Morgan fingerprint density at radius 2 is 2.35 bits per heavy atom. The molecule has 0 fully saturated rings. The first-order valence-corrected chi connectivity index (χ1v) is 7.62. The van der Waals surface area contributed by atoms with Crippen LogP contribution >= 0.6 is 11.8 Å². The first-order valence-electron chi connectivity index (χ1n) is 6.64. The molecule has 104 valence electrons. The normalized spacial score (nSPS) is 14.6. The lowest BCUT2D eigenvalue weighted by atomic mass is 10.3. The van der Waals surface area contributed by atoms with Crippen molar-refractivity contribution in [2.75, 3.05) is 12.8 Å². The molecule has 5 nitrogen and oxygen atoms in total. The number of pyridine rings is 1. The van der Waals surface area contributed by atoms with Gasteiger partial charge >= 0.3 is 0 Å². The van der Waals surface area contributed by atoms with Crippen LogP contribution in [0.1, 0.15) is 19.3 Å². The van der Waals surface area contributed by atoms with Gasteiger partial charge in [-0.1, -0.05) is 23.9 Å². The third-order valence-electron chi connectivity index (χ3n) is 3.43. The fourth-order valence-corrected chi connectivity index (χ4v) is 3.10. The molecule has 2 aromatic rings. The third kappa shape index (κ3) is 2.56. The van der Waals surface area contributed by atoms with Crippen molar-refractivity contribution in [3.8, 4) is 0 Å². The molecule has 0 atom stereocenters. The fourth-order valence-electron chi connectivity index (χ4n) is 2.26. The molecule has 0 saturated carbocycles. The van der Waals surface area contributed by atoms with Crippen LogP contribution in [0.3, 0.4) is 0 Å². The van der Waals surface area contributed by atoms with Crippen LogP contribution in [0.4, 0.5) is 0 Å². The molecule has 20 heavy (non-hydrogen) atoms. The van der Waals surface area contributed by atoms with Gasteiger partial charge in [0.25, 0.3) is 0 Å². The Bertz CT molecular complexity index is 664. The van der Waals surface area contributed by atoms with E-state index in [1.54, 1.807) is 4.90 Å². The maximum Gasteiger partial charge on any atom is 0.236 e. The van der Waals surface area contributed by atoms with Crippen molar-refractivity contribution < 1.29 is 4.79 Å². The first kappa shape index (κ1) is 13.2. The lowest BCUT2D eigenvalue weighted by molar-refractivity contribution is -0.125. The number of nitrogens with zero attached hydrogens (tertiary/aromatic N) is 4. The Morgan fingerprint density at radius 3 is 3.15 bits per heavy atom. The van der Waals surface area contributed by atoms with E-state index in [1.807, 2.05) is 35.8 Å². The number of fused-ring (bicyclic) bond motifs is 1. The predicted molar refractivity (Wildman–Crippen MR) is 78.4 cm³/mol. The molecule has 0 unspecified atom stereocenters. The van der Waals surface area contributed by atoms with Crippen molar-refractivity contribution in [1.29, 1.82) is 0 Å². The summed E-state index contributed by atoms with van der Waals surface area (Å²) in [6, 6.07) is 5.75. The van der Waals surface area contributed by atoms with Crippen molar-refractivity contribution in [1.82, 2.24) is 19.5 Å². The molecule has 0 saturated heterocycles. The molecule has 1 amide bonds. The SMILES string of the molecule is CN(C(=O)CSc1nnc2ccccn12)C1=CCCC1. The molecule has 0 spiro atoms. The summed E-state index contributed by atoms with van der Waals surface area (Å²) >= 11 is 1.42. The molecule has 1 aliphatic carbocycles. The van der Waals surface area contributed by atoms with E-state index < -0.39 is 0 Å². The van der Waals surface area contributed by atoms with Gasteiger partial charge in [-0.05, 0) is 31.4 Å². The molecular formula is C14H16N4OS. The summed E-state index contributed by atoms with van der Waals surface area (Å²) < 4.78 is 1.90. The second-order valence-electron chi connectivity index (χ2n) is 4.74. The highest BCUT2D eigenvalue weighted by Gasteiger charge is 2.17. The molecular weight excluding hydrogens is 272 g/mol. The maximum atomic E-state index is 12.2. The summed E-state index contributed by atoms with van der Waals surface area (Å²) in [5.74, 6) is 0.486. The average Bonchev–Trinajstić information content (AvgIpc) is 3.13. The Labute approximate surface area is 121 Å². The molecule has 0 aromatic carbocycles. The zero-order valence-electron chi connectivity index (χ0n) is 11.3. The summed E-state index contributed by atoms with van der Waals surface area (Å²) in [5.41, 5.74) is 1.94. The van der Waals surface area contributed by atoms with Gasteiger partial charge in [0, 0.05) is 18.9 Å². The Kier molecular flexibility index (Phi) is 3.73. The predicted octanol–water partition coefficient (Wildman–Crippen LogP) is 2.35. The minimum atomic E-state index is 0.107. The van der Waals surface area contributed by atoms with Crippen LogP contribution in [0.15, 0.2) is 41.3 Å². The van der Waals surface area contributed by atoms with Gasteiger partial charge in [-0.25, -0.2) is 0 Å². The van der Waals surface area contributed by atoms with E-state index in [0.29, 0.717) is 5.75 Å². The highest BCUT2D eigenvalue weighted by atomic mass is 32.2. The molecule has 3 rings (SSSR count). The van der Waals surface area contributed by atoms with Crippen molar-refractivity contribution in [2.24, 2.45) is 0 Å². The van der Waals surface area contributed by atoms with Gasteiger partial charge in [-0.3, -0.25) is 9.20 Å². The molecule has 2 aromatic heterocycles. The molecule has 0 aliphatic heterocycles. The van der Waals surface area contributed by atoms with Crippen molar-refractivity contribution in [2.45, 2.75) is 24.4 Å². The van der Waals surface area contributed by atoms with Crippen molar-refractivity contribution in [3.05, 3.63) is 36.2 Å². The average molecular weight is 288 g/mol. The second-order valence-corrected chi connectivity index (χ2v) is 5.68. The summed E-state index contributed by atoms with van der Waals surface area (Å²) in [4.78, 5) is 13.9. The highest BCUT2D eigenvalue weighted by Crippen LogP contribution is 2.22. The zero-order valence-corrected chi connectivity index (χ0v) is 12.1. The lowest BCUT2D eigenvalue weighted by Gasteiger charge is -2.17. The van der Waals surface area contributed by atoms with Crippen LogP contribution in [0.5, 0.6) is 0 Å². The monoisotopic (exact) mass is 288 g/mol. The van der Waals surface area contributed by atoms with E-state index in [-0.39, 0.29) is 5.91 Å². The van der Waals surface area contributed by atoms with Crippen LogP contribution in [0.2, 0.25) is 0 Å². The number of aromatic nitrogens is 3. The molecule has 0 bridgehead atoms. The zero-order chi connectivity index (χ0) is 13.9. The van der Waals surface area contributed by atoms with Gasteiger partial charge in [0.05, 0.1) is 5.75 Å². The topological polar surface area (TPSA) is 50.5 Å². The van der Waals surface area contributed by atoms with E-state index in [0.717, 1.165) is 35.8 Å². The molecule has 1 aliphatic rings. The van der Waals surface area contributed by atoms with Gasteiger partial charge in [0.1, 0.15) is 0 Å². The van der Waals surface area contributed by atoms with Gasteiger partial charge in [0.2, 0.25) is 5.91 Å². The van der Waals surface area contributed by atoms with Crippen molar-refractivity contribution in [3.63, 3.8) is 0 Å². The van der Waals surface area contributed by atoms with Gasteiger partial charge in [0.15, 0.2) is 10.8 Å². The third-order valence-corrected chi connectivity index (χ3v) is 4.36. The standard InChI is InChI=1S/C14H16N4OS/c1-17(11-6-2-3-7-11)13(19)10-20-14-16-15-12-8-4-5-9-18(12)14/h4-6,8-9H,2-3,7,10H2,1H3. The van der Waals surface area contributed by atoms with Gasteiger partial charge in [-0.15, -0.1) is 10.2 Å². The number of rotatable bonds is 4. The van der Waals surface area contributed by atoms with E-state index >= 15 is 0 Å². The fraction of sp³-hybridized carbons (Fsp3) is 0.357. The first-order chi connectivity index (χ1) is 9.75. The molecule has 0 N–H and O–H groups in total. The number of amides is 1. The van der Waals surface area contributed by atoms with Crippen LogP contribution in [-0.2, 0) is 4.79 Å². The molecule has 0 radical (unpaired) electrons. The minimum Gasteiger partial charge on any atom is -0.319 e. The number of thioether (sulfide) groups is 1. The van der Waals surface area contributed by atoms with Crippen molar-refractivity contribution >= 4 is 23.3 Å².